The molecule has 0 aliphatic carbocycles. The zero-order valence-electron chi connectivity index (χ0n) is 18.7. The summed E-state index contributed by atoms with van der Waals surface area (Å²) in [6.45, 7) is 4.84. The van der Waals surface area contributed by atoms with Gasteiger partial charge in [-0.1, -0.05) is 30.7 Å². The van der Waals surface area contributed by atoms with Gasteiger partial charge in [-0.15, -0.1) is 0 Å². The highest BCUT2D eigenvalue weighted by Crippen LogP contribution is 2.34. The summed E-state index contributed by atoms with van der Waals surface area (Å²) in [5, 5.41) is 6.98. The molecule has 1 aromatic carbocycles. The monoisotopic (exact) mass is 474 g/mol. The number of halogens is 1. The van der Waals surface area contributed by atoms with Crippen LogP contribution < -0.4 is 15.5 Å². The van der Waals surface area contributed by atoms with E-state index in [0.29, 0.717) is 22.4 Å². The molecule has 1 aliphatic heterocycles. The van der Waals surface area contributed by atoms with Crippen molar-refractivity contribution in [3.63, 3.8) is 0 Å². The van der Waals surface area contributed by atoms with Gasteiger partial charge >= 0.3 is 6.03 Å². The van der Waals surface area contributed by atoms with Crippen LogP contribution in [0.3, 0.4) is 0 Å². The predicted molar refractivity (Wildman–Crippen MR) is 133 cm³/mol. The lowest BCUT2D eigenvalue weighted by atomic mass is 10.0. The highest BCUT2D eigenvalue weighted by molar-refractivity contribution is 6.30. The Labute approximate surface area is 202 Å². The number of anilines is 3. The van der Waals surface area contributed by atoms with E-state index in [2.05, 4.69) is 27.5 Å². The van der Waals surface area contributed by atoms with Crippen molar-refractivity contribution in [2.75, 3.05) is 22.1 Å². The number of hydrogen-bond acceptors (Lipinski definition) is 6. The lowest BCUT2D eigenvalue weighted by Gasteiger charge is -2.30. The van der Waals surface area contributed by atoms with E-state index in [-0.39, 0.29) is 18.0 Å². The third-order valence-electron chi connectivity index (χ3n) is 6.00. The average Bonchev–Trinajstić information content (AvgIpc) is 3.34. The zero-order valence-corrected chi connectivity index (χ0v) is 19.5. The van der Waals surface area contributed by atoms with Crippen molar-refractivity contribution in [1.82, 2.24) is 15.0 Å². The van der Waals surface area contributed by atoms with Crippen molar-refractivity contribution in [2.45, 2.75) is 19.9 Å². The molecule has 4 heterocycles. The van der Waals surface area contributed by atoms with Crippen LogP contribution in [0.2, 0.25) is 5.02 Å². The number of aromatic nitrogens is 3. The number of carbonyl (C=O) groups is 1. The normalized spacial score (nSPS) is 17.4. The van der Waals surface area contributed by atoms with Crippen LogP contribution in [0.25, 0.3) is 22.6 Å². The van der Waals surface area contributed by atoms with E-state index < -0.39 is 0 Å². The van der Waals surface area contributed by atoms with Gasteiger partial charge in [0.2, 0.25) is 0 Å². The molecule has 9 heteroatoms. The van der Waals surface area contributed by atoms with E-state index in [0.717, 1.165) is 29.1 Å². The van der Waals surface area contributed by atoms with Crippen LogP contribution in [0.5, 0.6) is 0 Å². The predicted octanol–water partition coefficient (Wildman–Crippen LogP) is 5.94. The molecule has 3 aromatic heterocycles. The number of oxazole rings is 1. The first-order chi connectivity index (χ1) is 16.5. The van der Waals surface area contributed by atoms with Crippen molar-refractivity contribution in [3.8, 4) is 22.6 Å². The van der Waals surface area contributed by atoms with Crippen LogP contribution >= 0.6 is 11.6 Å². The van der Waals surface area contributed by atoms with E-state index in [1.54, 1.807) is 29.4 Å². The molecule has 0 unspecified atom stereocenters. The Bertz CT molecular complexity index is 1330. The Balaban J connectivity index is 1.50. The number of nitrogens with zero attached hydrogens (tertiary/aromatic N) is 4. The first kappa shape index (κ1) is 21.9. The number of amides is 2. The van der Waals surface area contributed by atoms with E-state index in [4.69, 9.17) is 21.0 Å². The molecule has 0 fully saturated rings. The number of rotatable bonds is 3. The van der Waals surface area contributed by atoms with Crippen LogP contribution in [0, 0.1) is 5.92 Å². The minimum atomic E-state index is -0.317. The average molecular weight is 475 g/mol. The van der Waals surface area contributed by atoms with Crippen LogP contribution in [0.15, 0.2) is 71.7 Å². The topological polar surface area (TPSA) is 96.2 Å². The molecule has 34 heavy (non-hydrogen) atoms. The van der Waals surface area contributed by atoms with Gasteiger partial charge in [0, 0.05) is 34.9 Å². The largest absolute Gasteiger partial charge is 0.444 e. The SMILES string of the molecule is C[C@@H]1CNc2ccc(-c3cccc(Cl)c3)nc2N(C(=O)Nc2cc(-c3cnco3)ccn2)[C@@H]1C. The number of pyridine rings is 2. The van der Waals surface area contributed by atoms with Gasteiger partial charge in [0.1, 0.15) is 5.82 Å². The molecule has 0 saturated carbocycles. The summed E-state index contributed by atoms with van der Waals surface area (Å²) < 4.78 is 5.36. The van der Waals surface area contributed by atoms with Crippen molar-refractivity contribution in [2.24, 2.45) is 5.92 Å². The lowest BCUT2D eigenvalue weighted by molar-refractivity contribution is 0.253. The van der Waals surface area contributed by atoms with Crippen molar-refractivity contribution in [1.29, 1.82) is 0 Å². The van der Waals surface area contributed by atoms with Crippen molar-refractivity contribution < 1.29 is 9.21 Å². The smallest absolute Gasteiger partial charge is 0.328 e. The second kappa shape index (κ2) is 9.15. The third kappa shape index (κ3) is 4.32. The van der Waals surface area contributed by atoms with Gasteiger partial charge in [0.25, 0.3) is 0 Å². The first-order valence-electron chi connectivity index (χ1n) is 11.0. The van der Waals surface area contributed by atoms with E-state index in [9.17, 15) is 4.79 Å². The maximum Gasteiger partial charge on any atom is 0.328 e. The van der Waals surface area contributed by atoms with Crippen molar-refractivity contribution in [3.05, 3.63) is 72.3 Å². The number of nitrogens with one attached hydrogen (secondary N) is 2. The van der Waals surface area contributed by atoms with Crippen molar-refractivity contribution >= 4 is 35.0 Å². The first-order valence-corrected chi connectivity index (χ1v) is 11.3. The Morgan fingerprint density at radius 1 is 1.18 bits per heavy atom. The summed E-state index contributed by atoms with van der Waals surface area (Å²) in [6, 6.07) is 14.5. The molecule has 1 aliphatic rings. The molecule has 2 N–H and O–H groups in total. The van der Waals surface area contributed by atoms with Gasteiger partial charge in [-0.05, 0) is 49.2 Å². The van der Waals surface area contributed by atoms with E-state index >= 15 is 0 Å². The molecule has 4 aromatic rings. The molecular weight excluding hydrogens is 452 g/mol. The minimum absolute atomic E-state index is 0.117. The van der Waals surface area contributed by atoms with Crippen LogP contribution in [-0.2, 0) is 0 Å². The molecule has 2 atom stereocenters. The maximum absolute atomic E-state index is 13.6. The fourth-order valence-electron chi connectivity index (χ4n) is 3.93. The van der Waals surface area contributed by atoms with Gasteiger partial charge in [-0.2, -0.15) is 0 Å². The molecule has 8 nitrogen and oxygen atoms in total. The Kier molecular flexibility index (Phi) is 5.90. The summed E-state index contributed by atoms with van der Waals surface area (Å²) in [5.74, 6) is 1.74. The van der Waals surface area contributed by atoms with Gasteiger partial charge in [-0.25, -0.2) is 19.7 Å². The quantitative estimate of drug-likeness (QED) is 0.381. The molecule has 0 spiro atoms. The molecule has 0 radical (unpaired) electrons. The number of fused-ring (bicyclic) bond motifs is 1. The van der Waals surface area contributed by atoms with Gasteiger partial charge < -0.3 is 9.73 Å². The molecule has 5 rings (SSSR count). The highest BCUT2D eigenvalue weighted by Gasteiger charge is 2.32. The van der Waals surface area contributed by atoms with Gasteiger partial charge in [-0.3, -0.25) is 10.2 Å². The molecule has 0 bridgehead atoms. The highest BCUT2D eigenvalue weighted by atomic mass is 35.5. The Morgan fingerprint density at radius 2 is 2.06 bits per heavy atom. The third-order valence-corrected chi connectivity index (χ3v) is 6.23. The summed E-state index contributed by atoms with van der Waals surface area (Å²) >= 11 is 6.19. The second-order valence-corrected chi connectivity index (χ2v) is 8.71. The van der Waals surface area contributed by atoms with E-state index in [1.807, 2.05) is 43.3 Å². The van der Waals surface area contributed by atoms with Crippen LogP contribution in [0.4, 0.5) is 22.1 Å². The number of urea groups is 1. The Morgan fingerprint density at radius 3 is 2.85 bits per heavy atom. The second-order valence-electron chi connectivity index (χ2n) is 8.27. The van der Waals surface area contributed by atoms with Crippen LogP contribution in [-0.4, -0.2) is 33.6 Å². The zero-order chi connectivity index (χ0) is 23.7. The fourth-order valence-corrected chi connectivity index (χ4v) is 4.12. The lowest BCUT2D eigenvalue weighted by Crippen LogP contribution is -2.45. The fraction of sp³-hybridized carbons (Fsp3) is 0.200. The Hall–Kier alpha value is -3.91. The number of hydrogen-bond donors (Lipinski definition) is 2. The molecule has 0 saturated heterocycles. The standard InChI is InChI=1S/C25H23ClN6O2/c1-15-12-29-21-7-6-20(17-4-3-5-19(26)10-17)30-24(21)32(16(15)2)25(33)31-23-11-18(8-9-28-23)22-13-27-14-34-22/h3-11,13-16,29H,12H2,1-2H3,(H,28,31,33)/t15-,16-/m1/s1. The van der Waals surface area contributed by atoms with Gasteiger partial charge in [0.05, 0.1) is 17.6 Å². The van der Waals surface area contributed by atoms with Crippen LogP contribution in [0.1, 0.15) is 13.8 Å². The minimum Gasteiger partial charge on any atom is -0.444 e. The summed E-state index contributed by atoms with van der Waals surface area (Å²) in [7, 11) is 0. The van der Waals surface area contributed by atoms with E-state index in [1.165, 1.54) is 6.39 Å². The number of carbonyl (C=O) groups excluding carboxylic acids is 1. The molecular formula is C25H23ClN6O2. The number of benzene rings is 1. The summed E-state index contributed by atoms with van der Waals surface area (Å²) in [6.07, 6.45) is 4.59. The summed E-state index contributed by atoms with van der Waals surface area (Å²) in [5.41, 5.74) is 3.17. The summed E-state index contributed by atoms with van der Waals surface area (Å²) in [4.78, 5) is 28.4. The maximum atomic E-state index is 13.6. The van der Waals surface area contributed by atoms with Gasteiger partial charge in [0.15, 0.2) is 18.0 Å². The molecule has 172 valence electrons. The molecule has 2 amide bonds.